The van der Waals surface area contributed by atoms with Crippen LogP contribution in [0.2, 0.25) is 0 Å². The number of rotatable bonds is 8. The van der Waals surface area contributed by atoms with Crippen molar-refractivity contribution in [1.29, 1.82) is 0 Å². The zero-order chi connectivity index (χ0) is 22.9. The maximum Gasteiger partial charge on any atom is 0.231 e. The number of thiophene rings is 1. The molecule has 0 radical (unpaired) electrons. The molecule has 0 saturated heterocycles. The number of methoxy groups -OCH3 is 1. The van der Waals surface area contributed by atoms with Crippen molar-refractivity contribution in [3.8, 4) is 5.88 Å². The van der Waals surface area contributed by atoms with Crippen molar-refractivity contribution < 1.29 is 4.74 Å². The molecular formula is C20H20BrN9OS2. The first-order valence-corrected chi connectivity index (χ1v) is 12.6. The third kappa shape index (κ3) is 4.61. The number of anilines is 1. The first-order valence-electron chi connectivity index (χ1n) is 10.0. The van der Waals surface area contributed by atoms with E-state index in [-0.39, 0.29) is 0 Å². The third-order valence-corrected chi connectivity index (χ3v) is 7.38. The lowest BCUT2D eigenvalue weighted by Gasteiger charge is -2.19. The molecule has 5 rings (SSSR count). The fourth-order valence-electron chi connectivity index (χ4n) is 3.49. The molecule has 0 aliphatic heterocycles. The van der Waals surface area contributed by atoms with Crippen molar-refractivity contribution in [3.63, 3.8) is 0 Å². The minimum absolute atomic E-state index is 0.403. The van der Waals surface area contributed by atoms with Gasteiger partial charge in [0.05, 0.1) is 34.6 Å². The molecule has 0 bridgehead atoms. The van der Waals surface area contributed by atoms with Crippen LogP contribution in [-0.2, 0) is 19.5 Å². The Balaban J connectivity index is 1.52. The van der Waals surface area contributed by atoms with Crippen LogP contribution in [0.25, 0.3) is 5.65 Å². The van der Waals surface area contributed by atoms with E-state index in [1.54, 1.807) is 40.4 Å². The summed E-state index contributed by atoms with van der Waals surface area (Å²) < 4.78 is 10.1. The Kier molecular flexibility index (Phi) is 6.08. The number of fused-ring (bicyclic) bond motifs is 1. The quantitative estimate of drug-likeness (QED) is 0.291. The van der Waals surface area contributed by atoms with Gasteiger partial charge in [-0.1, -0.05) is 0 Å². The molecule has 0 unspecified atom stereocenters. The van der Waals surface area contributed by atoms with Gasteiger partial charge in [-0.3, -0.25) is 4.57 Å². The molecular weight excluding hydrogens is 526 g/mol. The molecule has 5 aromatic rings. The summed E-state index contributed by atoms with van der Waals surface area (Å²) in [6.45, 7) is 3.10. The van der Waals surface area contributed by atoms with Crippen LogP contribution in [-0.4, -0.2) is 53.7 Å². The maximum absolute atomic E-state index is 5.28. The van der Waals surface area contributed by atoms with E-state index in [1.165, 1.54) is 5.56 Å². The Labute approximate surface area is 206 Å². The normalized spacial score (nSPS) is 11.4. The van der Waals surface area contributed by atoms with Crippen LogP contribution in [0.4, 0.5) is 5.95 Å². The Morgan fingerprint density at radius 1 is 1.09 bits per heavy atom. The topological polar surface area (TPSA) is 99.1 Å². The van der Waals surface area contributed by atoms with Gasteiger partial charge in [0, 0.05) is 25.0 Å². The SMILES string of the molecule is COc1ccc2nnc(Cn3c(Cc4csc(C)n4)nnc3N(C)Cc3csc(Br)c3)n2n1. The fraction of sp³-hybridized carbons (Fsp3) is 0.300. The highest BCUT2D eigenvalue weighted by atomic mass is 79.9. The van der Waals surface area contributed by atoms with E-state index in [9.17, 15) is 0 Å². The van der Waals surface area contributed by atoms with Gasteiger partial charge in [-0.15, -0.1) is 48.2 Å². The number of aromatic nitrogens is 8. The van der Waals surface area contributed by atoms with Crippen molar-refractivity contribution >= 4 is 50.2 Å². The number of aryl methyl sites for hydroxylation is 1. The predicted octanol–water partition coefficient (Wildman–Crippen LogP) is 3.59. The first kappa shape index (κ1) is 21.9. The summed E-state index contributed by atoms with van der Waals surface area (Å²) in [5.74, 6) is 2.69. The molecule has 170 valence electrons. The van der Waals surface area contributed by atoms with E-state index in [1.807, 2.05) is 24.6 Å². The molecule has 0 aromatic carbocycles. The summed E-state index contributed by atoms with van der Waals surface area (Å²) in [4.78, 5) is 6.68. The number of nitrogens with zero attached hydrogens (tertiary/aromatic N) is 9. The Morgan fingerprint density at radius 2 is 1.94 bits per heavy atom. The number of thiazole rings is 1. The second-order valence-electron chi connectivity index (χ2n) is 7.41. The number of halogens is 1. The number of hydrogen-bond donors (Lipinski definition) is 0. The van der Waals surface area contributed by atoms with Crippen LogP contribution in [0, 0.1) is 6.92 Å². The summed E-state index contributed by atoms with van der Waals surface area (Å²) >= 11 is 6.82. The molecule has 5 heterocycles. The Hall–Kier alpha value is -2.90. The molecule has 0 amide bonds. The van der Waals surface area contributed by atoms with Crippen molar-refractivity contribution in [1.82, 2.24) is 39.6 Å². The van der Waals surface area contributed by atoms with E-state index in [0.717, 1.165) is 26.3 Å². The van der Waals surface area contributed by atoms with Crippen LogP contribution >= 0.6 is 38.6 Å². The van der Waals surface area contributed by atoms with Gasteiger partial charge in [-0.05, 0) is 45.9 Å². The van der Waals surface area contributed by atoms with Crippen molar-refractivity contribution in [2.45, 2.75) is 26.4 Å². The Morgan fingerprint density at radius 3 is 2.67 bits per heavy atom. The number of ether oxygens (including phenoxy) is 1. The average molecular weight is 546 g/mol. The van der Waals surface area contributed by atoms with Crippen molar-refractivity contribution in [2.75, 3.05) is 19.1 Å². The van der Waals surface area contributed by atoms with Crippen LogP contribution in [0.1, 0.15) is 27.9 Å². The molecule has 0 spiro atoms. The van der Waals surface area contributed by atoms with Crippen LogP contribution in [0.3, 0.4) is 0 Å². The third-order valence-electron chi connectivity index (χ3n) is 5.01. The second kappa shape index (κ2) is 9.15. The second-order valence-corrected chi connectivity index (χ2v) is 10.8. The van der Waals surface area contributed by atoms with Gasteiger partial charge < -0.3 is 9.64 Å². The molecule has 0 aliphatic rings. The minimum atomic E-state index is 0.403. The molecule has 0 N–H and O–H groups in total. The molecule has 0 atom stereocenters. The summed E-state index contributed by atoms with van der Waals surface area (Å²) in [6, 6.07) is 5.71. The van der Waals surface area contributed by atoms with Gasteiger partial charge in [0.2, 0.25) is 11.8 Å². The van der Waals surface area contributed by atoms with E-state index in [2.05, 4.69) is 68.1 Å². The van der Waals surface area contributed by atoms with Crippen molar-refractivity contribution in [2.24, 2.45) is 0 Å². The summed E-state index contributed by atoms with van der Waals surface area (Å²) in [5.41, 5.74) is 2.81. The maximum atomic E-state index is 5.28. The lowest BCUT2D eigenvalue weighted by molar-refractivity contribution is 0.389. The van der Waals surface area contributed by atoms with Crippen LogP contribution < -0.4 is 9.64 Å². The summed E-state index contributed by atoms with van der Waals surface area (Å²) in [7, 11) is 3.59. The van der Waals surface area contributed by atoms with Gasteiger partial charge >= 0.3 is 0 Å². The average Bonchev–Trinajstić information content (AvgIpc) is 3.58. The van der Waals surface area contributed by atoms with E-state index in [4.69, 9.17) is 4.74 Å². The predicted molar refractivity (Wildman–Crippen MR) is 130 cm³/mol. The van der Waals surface area contributed by atoms with Gasteiger partial charge in [-0.2, -0.15) is 4.52 Å². The molecule has 13 heteroatoms. The van der Waals surface area contributed by atoms with E-state index in [0.29, 0.717) is 36.9 Å². The van der Waals surface area contributed by atoms with Gasteiger partial charge in [0.25, 0.3) is 0 Å². The molecule has 10 nitrogen and oxygen atoms in total. The zero-order valence-corrected chi connectivity index (χ0v) is 21.4. The largest absolute Gasteiger partial charge is 0.480 e. The van der Waals surface area contributed by atoms with Gasteiger partial charge in [-0.25, -0.2) is 4.98 Å². The van der Waals surface area contributed by atoms with Gasteiger partial charge in [0.1, 0.15) is 5.82 Å². The highest BCUT2D eigenvalue weighted by molar-refractivity contribution is 9.11. The molecule has 5 aromatic heterocycles. The fourth-order valence-corrected chi connectivity index (χ4v) is 5.30. The lowest BCUT2D eigenvalue weighted by Crippen LogP contribution is -2.22. The first-order chi connectivity index (χ1) is 16.0. The van der Waals surface area contributed by atoms with E-state index >= 15 is 0 Å². The summed E-state index contributed by atoms with van der Waals surface area (Å²) in [5, 5.41) is 27.3. The van der Waals surface area contributed by atoms with Crippen molar-refractivity contribution in [3.05, 3.63) is 60.7 Å². The molecule has 0 saturated carbocycles. The van der Waals surface area contributed by atoms with Crippen LogP contribution in [0.15, 0.2) is 32.7 Å². The molecule has 0 aliphatic carbocycles. The highest BCUT2D eigenvalue weighted by Gasteiger charge is 2.20. The zero-order valence-electron chi connectivity index (χ0n) is 18.1. The van der Waals surface area contributed by atoms with Crippen LogP contribution in [0.5, 0.6) is 5.88 Å². The minimum Gasteiger partial charge on any atom is -0.480 e. The summed E-state index contributed by atoms with van der Waals surface area (Å²) in [6.07, 6.45) is 0.572. The van der Waals surface area contributed by atoms with Gasteiger partial charge in [0.15, 0.2) is 11.5 Å². The molecule has 0 fully saturated rings. The van der Waals surface area contributed by atoms with E-state index < -0.39 is 0 Å². The highest BCUT2D eigenvalue weighted by Crippen LogP contribution is 2.24. The Bertz CT molecular complexity index is 1410. The number of hydrogen-bond acceptors (Lipinski definition) is 10. The monoisotopic (exact) mass is 545 g/mol. The molecule has 33 heavy (non-hydrogen) atoms. The smallest absolute Gasteiger partial charge is 0.231 e. The standard InChI is InChI=1S/C20H20BrN9OS2/c1-12-22-14(11-32-12)7-17-24-26-20(28(2)8-13-6-15(21)33-10-13)29(17)9-18-25-23-16-4-5-19(31-3)27-30(16)18/h4-6,10-11H,7-9H2,1-3H3. The lowest BCUT2D eigenvalue weighted by atomic mass is 10.3.